The molecule has 4 nitrogen and oxygen atoms in total. The number of carboxylic acids is 1. The molecule has 0 bridgehead atoms. The first-order valence-electron chi connectivity index (χ1n) is 2.17. The monoisotopic (exact) mass is 120 g/mol. The first-order chi connectivity index (χ1) is 3.72. The summed E-state index contributed by atoms with van der Waals surface area (Å²) in [6.07, 6.45) is 0. The van der Waals surface area contributed by atoms with Gasteiger partial charge < -0.3 is 15.3 Å². The second-order valence-electron chi connectivity index (χ2n) is 1.40. The molecule has 0 rings (SSSR count). The van der Waals surface area contributed by atoms with Crippen LogP contribution in [0.3, 0.4) is 0 Å². The number of hydrogen-bond donors (Lipinski definition) is 3. The van der Waals surface area contributed by atoms with E-state index in [0.717, 1.165) is 0 Å². The van der Waals surface area contributed by atoms with Gasteiger partial charge in [0, 0.05) is 0 Å². The van der Waals surface area contributed by atoms with E-state index in [2.05, 4.69) is 0 Å². The third-order valence-electron chi connectivity index (χ3n) is 0.790. The van der Waals surface area contributed by atoms with Gasteiger partial charge in [-0.2, -0.15) is 0 Å². The quantitative estimate of drug-likeness (QED) is 0.431. The van der Waals surface area contributed by atoms with E-state index in [0.29, 0.717) is 0 Å². The molecule has 0 saturated carbocycles. The molecule has 8 heavy (non-hydrogen) atoms. The second kappa shape index (κ2) is 3.40. The summed E-state index contributed by atoms with van der Waals surface area (Å²) in [5.74, 6) is -2.19. The summed E-state index contributed by atoms with van der Waals surface area (Å²) in [5, 5.41) is 24.4. The lowest BCUT2D eigenvalue weighted by atomic mass is 10.2. The van der Waals surface area contributed by atoms with Gasteiger partial charge in [0.1, 0.15) is 5.92 Å². The molecule has 0 aliphatic rings. The molecule has 0 aliphatic heterocycles. The molecule has 0 spiro atoms. The van der Waals surface area contributed by atoms with E-state index in [1.807, 2.05) is 0 Å². The molecule has 0 heterocycles. The highest BCUT2D eigenvalue weighted by molar-refractivity contribution is 5.70. The summed E-state index contributed by atoms with van der Waals surface area (Å²) in [6, 6.07) is 0. The van der Waals surface area contributed by atoms with Crippen LogP contribution in [0.15, 0.2) is 0 Å². The zero-order chi connectivity index (χ0) is 6.57. The molecule has 0 amide bonds. The number of rotatable bonds is 3. The lowest BCUT2D eigenvalue weighted by Gasteiger charge is -2.01. The Morgan fingerprint density at radius 3 is 1.75 bits per heavy atom. The number of hydrogen-bond acceptors (Lipinski definition) is 3. The third kappa shape index (κ3) is 1.90. The molecular formula is C4H8O4. The van der Waals surface area contributed by atoms with Crippen molar-refractivity contribution in [3.63, 3.8) is 0 Å². The molecular weight excluding hydrogens is 112 g/mol. The number of aliphatic hydroxyl groups excluding tert-OH is 2. The summed E-state index contributed by atoms with van der Waals surface area (Å²) in [7, 11) is 0. The highest BCUT2D eigenvalue weighted by atomic mass is 16.4. The highest BCUT2D eigenvalue weighted by Gasteiger charge is 2.13. The molecule has 0 saturated heterocycles. The standard InChI is InChI=1S/C4H8O4/c5-1-3(2-6)4(7)8/h3,5-6H,1-2H2,(H,7,8). The largest absolute Gasteiger partial charge is 0.481 e. The SMILES string of the molecule is O=C(O)C(CO)CO. The maximum absolute atomic E-state index is 9.84. The number of carbonyl (C=O) groups is 1. The van der Waals surface area contributed by atoms with Crippen molar-refractivity contribution >= 4 is 5.97 Å². The van der Waals surface area contributed by atoms with Crippen molar-refractivity contribution in [1.29, 1.82) is 0 Å². The van der Waals surface area contributed by atoms with Gasteiger partial charge in [0.25, 0.3) is 0 Å². The molecule has 3 N–H and O–H groups in total. The van der Waals surface area contributed by atoms with Gasteiger partial charge in [-0.1, -0.05) is 0 Å². The van der Waals surface area contributed by atoms with E-state index in [-0.39, 0.29) is 0 Å². The van der Waals surface area contributed by atoms with Crippen molar-refractivity contribution in [3.05, 3.63) is 0 Å². The summed E-state index contributed by atoms with van der Waals surface area (Å²) >= 11 is 0. The summed E-state index contributed by atoms with van der Waals surface area (Å²) in [6.45, 7) is -1.02. The van der Waals surface area contributed by atoms with Crippen LogP contribution in [-0.2, 0) is 4.79 Å². The lowest BCUT2D eigenvalue weighted by Crippen LogP contribution is -2.21. The number of carboxylic acid groups (broad SMARTS) is 1. The fourth-order valence-electron chi connectivity index (χ4n) is 0.214. The van der Waals surface area contributed by atoms with E-state index < -0.39 is 25.1 Å². The Labute approximate surface area is 46.4 Å². The highest BCUT2D eigenvalue weighted by Crippen LogP contribution is 1.90. The van der Waals surface area contributed by atoms with E-state index >= 15 is 0 Å². The van der Waals surface area contributed by atoms with Crippen molar-refractivity contribution in [2.75, 3.05) is 13.2 Å². The zero-order valence-electron chi connectivity index (χ0n) is 4.24. The smallest absolute Gasteiger partial charge is 0.311 e. The van der Waals surface area contributed by atoms with Crippen LogP contribution in [0.2, 0.25) is 0 Å². The van der Waals surface area contributed by atoms with Crippen LogP contribution in [0, 0.1) is 5.92 Å². The molecule has 0 radical (unpaired) electrons. The van der Waals surface area contributed by atoms with Crippen molar-refractivity contribution in [1.82, 2.24) is 0 Å². The molecule has 0 fully saturated rings. The Balaban J connectivity index is 3.52. The molecule has 0 atom stereocenters. The van der Waals surface area contributed by atoms with Gasteiger partial charge >= 0.3 is 5.97 Å². The third-order valence-corrected chi connectivity index (χ3v) is 0.790. The molecule has 0 aromatic rings. The molecule has 4 heteroatoms. The van der Waals surface area contributed by atoms with E-state index in [1.54, 1.807) is 0 Å². The number of aliphatic hydroxyl groups is 2. The molecule has 0 aliphatic carbocycles. The van der Waals surface area contributed by atoms with Gasteiger partial charge in [-0.25, -0.2) is 0 Å². The van der Waals surface area contributed by atoms with Gasteiger partial charge in [0.05, 0.1) is 13.2 Å². The van der Waals surface area contributed by atoms with Crippen LogP contribution in [-0.4, -0.2) is 34.5 Å². The van der Waals surface area contributed by atoms with Crippen molar-refractivity contribution in [2.45, 2.75) is 0 Å². The van der Waals surface area contributed by atoms with E-state index in [9.17, 15) is 4.79 Å². The van der Waals surface area contributed by atoms with Crippen molar-refractivity contribution < 1.29 is 20.1 Å². The Morgan fingerprint density at radius 2 is 1.75 bits per heavy atom. The van der Waals surface area contributed by atoms with E-state index in [4.69, 9.17) is 15.3 Å². The zero-order valence-corrected chi connectivity index (χ0v) is 4.24. The van der Waals surface area contributed by atoms with Crippen LogP contribution in [0.25, 0.3) is 0 Å². The van der Waals surface area contributed by atoms with Gasteiger partial charge in [-0.05, 0) is 0 Å². The minimum absolute atomic E-state index is 0.508. The van der Waals surface area contributed by atoms with Crippen LogP contribution in [0.1, 0.15) is 0 Å². The minimum atomic E-state index is -1.17. The van der Waals surface area contributed by atoms with Crippen LogP contribution in [0.4, 0.5) is 0 Å². The summed E-state index contributed by atoms with van der Waals surface area (Å²) < 4.78 is 0. The number of aliphatic carboxylic acids is 1. The summed E-state index contributed by atoms with van der Waals surface area (Å²) in [4.78, 5) is 9.84. The van der Waals surface area contributed by atoms with Gasteiger partial charge in [-0.15, -0.1) is 0 Å². The average Bonchev–Trinajstić information content (AvgIpc) is 1.69. The Bertz CT molecular complexity index is 76.1. The van der Waals surface area contributed by atoms with Crippen LogP contribution < -0.4 is 0 Å². The predicted octanol–water partition coefficient (Wildman–Crippen LogP) is -1.33. The predicted molar refractivity (Wildman–Crippen MR) is 25.3 cm³/mol. The van der Waals surface area contributed by atoms with Gasteiger partial charge in [0.2, 0.25) is 0 Å². The maximum atomic E-state index is 9.84. The second-order valence-corrected chi connectivity index (χ2v) is 1.40. The fourth-order valence-corrected chi connectivity index (χ4v) is 0.214. The van der Waals surface area contributed by atoms with E-state index in [1.165, 1.54) is 0 Å². The molecule has 0 aromatic heterocycles. The fraction of sp³-hybridized carbons (Fsp3) is 0.750. The molecule has 48 valence electrons. The van der Waals surface area contributed by atoms with Crippen molar-refractivity contribution in [2.24, 2.45) is 5.92 Å². The Kier molecular flexibility index (Phi) is 3.14. The Hall–Kier alpha value is -0.610. The first kappa shape index (κ1) is 7.39. The Morgan fingerprint density at radius 1 is 1.38 bits per heavy atom. The van der Waals surface area contributed by atoms with Crippen LogP contribution >= 0.6 is 0 Å². The average molecular weight is 120 g/mol. The lowest BCUT2D eigenvalue weighted by molar-refractivity contribution is -0.144. The summed E-state index contributed by atoms with van der Waals surface area (Å²) in [5.41, 5.74) is 0. The topological polar surface area (TPSA) is 77.8 Å². The normalized spacial score (nSPS) is 9.88. The minimum Gasteiger partial charge on any atom is -0.481 e. The maximum Gasteiger partial charge on any atom is 0.311 e. The van der Waals surface area contributed by atoms with Crippen LogP contribution in [0.5, 0.6) is 0 Å². The van der Waals surface area contributed by atoms with Gasteiger partial charge in [-0.3, -0.25) is 4.79 Å². The first-order valence-corrected chi connectivity index (χ1v) is 2.17. The molecule has 0 aromatic carbocycles. The van der Waals surface area contributed by atoms with Crippen molar-refractivity contribution in [3.8, 4) is 0 Å². The van der Waals surface area contributed by atoms with Gasteiger partial charge in [0.15, 0.2) is 0 Å². The molecule has 0 unspecified atom stereocenters.